The maximum atomic E-state index is 3.81. The van der Waals surface area contributed by atoms with Crippen LogP contribution in [0.4, 0.5) is 0 Å². The van der Waals surface area contributed by atoms with E-state index >= 15 is 0 Å². The van der Waals surface area contributed by atoms with Crippen LogP contribution in [-0.4, -0.2) is 0 Å². The van der Waals surface area contributed by atoms with Gasteiger partial charge in [-0.05, 0) is 46.5 Å². The molecule has 1 atom stereocenters. The first-order valence-electron chi connectivity index (χ1n) is 6.69. The first-order chi connectivity index (χ1) is 10.1. The molecular formula is C18H13Br3. The van der Waals surface area contributed by atoms with Crippen molar-refractivity contribution in [1.29, 1.82) is 0 Å². The Kier molecular flexibility index (Phi) is 4.82. The molecule has 0 spiro atoms. The summed E-state index contributed by atoms with van der Waals surface area (Å²) in [4.78, 5) is 0.299. The standard InChI is InChI=1S/C18H13Br3/c19-16-9-15(10-17(20)11-16)18(21)8-12-5-6-13-3-1-2-4-14(13)7-12/h1-7,9-11,18H,8H2. The normalized spacial score (nSPS) is 12.5. The van der Waals surface area contributed by atoms with E-state index in [9.17, 15) is 0 Å². The highest BCUT2D eigenvalue weighted by molar-refractivity contribution is 9.11. The Morgan fingerprint density at radius 1 is 0.762 bits per heavy atom. The zero-order chi connectivity index (χ0) is 14.8. The van der Waals surface area contributed by atoms with Crippen molar-refractivity contribution in [3.05, 3.63) is 80.7 Å². The van der Waals surface area contributed by atoms with Gasteiger partial charge in [-0.2, -0.15) is 0 Å². The highest BCUT2D eigenvalue weighted by Gasteiger charge is 2.10. The molecule has 0 heterocycles. The van der Waals surface area contributed by atoms with Gasteiger partial charge < -0.3 is 0 Å². The van der Waals surface area contributed by atoms with Crippen molar-refractivity contribution >= 4 is 58.6 Å². The van der Waals surface area contributed by atoms with Gasteiger partial charge in [0, 0.05) is 13.8 Å². The molecule has 0 radical (unpaired) electrons. The molecule has 0 bridgehead atoms. The van der Waals surface area contributed by atoms with E-state index in [0.717, 1.165) is 15.4 Å². The molecule has 0 saturated carbocycles. The number of hydrogen-bond donors (Lipinski definition) is 0. The van der Waals surface area contributed by atoms with Gasteiger partial charge in [0.1, 0.15) is 0 Å². The van der Waals surface area contributed by atoms with Gasteiger partial charge in [-0.3, -0.25) is 0 Å². The van der Waals surface area contributed by atoms with E-state index in [2.05, 4.69) is 108 Å². The number of hydrogen-bond acceptors (Lipinski definition) is 0. The Morgan fingerprint density at radius 3 is 2.14 bits per heavy atom. The van der Waals surface area contributed by atoms with Crippen molar-refractivity contribution in [3.8, 4) is 0 Å². The van der Waals surface area contributed by atoms with E-state index in [1.54, 1.807) is 0 Å². The fourth-order valence-corrected chi connectivity index (χ4v) is 4.41. The van der Waals surface area contributed by atoms with Crippen molar-refractivity contribution in [2.45, 2.75) is 11.2 Å². The van der Waals surface area contributed by atoms with E-state index in [1.807, 2.05) is 0 Å². The van der Waals surface area contributed by atoms with Crippen molar-refractivity contribution in [2.24, 2.45) is 0 Å². The van der Waals surface area contributed by atoms with Crippen molar-refractivity contribution in [1.82, 2.24) is 0 Å². The molecule has 0 amide bonds. The SMILES string of the molecule is Brc1cc(Br)cc(C(Br)Cc2ccc3ccccc3c2)c1. The van der Waals surface area contributed by atoms with Gasteiger partial charge in [-0.15, -0.1) is 0 Å². The summed E-state index contributed by atoms with van der Waals surface area (Å²) in [6.45, 7) is 0. The van der Waals surface area contributed by atoms with Crippen LogP contribution in [0.3, 0.4) is 0 Å². The zero-order valence-electron chi connectivity index (χ0n) is 11.2. The molecule has 0 nitrogen and oxygen atoms in total. The van der Waals surface area contributed by atoms with Crippen LogP contribution in [0.2, 0.25) is 0 Å². The number of alkyl halides is 1. The summed E-state index contributed by atoms with van der Waals surface area (Å²) in [5.41, 5.74) is 2.61. The summed E-state index contributed by atoms with van der Waals surface area (Å²) in [5.74, 6) is 0. The number of halogens is 3. The van der Waals surface area contributed by atoms with Gasteiger partial charge >= 0.3 is 0 Å². The minimum absolute atomic E-state index is 0.299. The van der Waals surface area contributed by atoms with Gasteiger partial charge in [0.25, 0.3) is 0 Å². The molecule has 1 unspecified atom stereocenters. The van der Waals surface area contributed by atoms with Crippen LogP contribution in [0.25, 0.3) is 10.8 Å². The largest absolute Gasteiger partial charge is 0.0835 e. The first-order valence-corrected chi connectivity index (χ1v) is 9.20. The summed E-state index contributed by atoms with van der Waals surface area (Å²) in [6, 6.07) is 21.5. The Labute approximate surface area is 150 Å². The molecule has 0 fully saturated rings. The summed E-state index contributed by atoms with van der Waals surface area (Å²) in [6.07, 6.45) is 0.966. The van der Waals surface area contributed by atoms with Gasteiger partial charge in [0.05, 0.1) is 0 Å². The highest BCUT2D eigenvalue weighted by atomic mass is 79.9. The minimum atomic E-state index is 0.299. The summed E-state index contributed by atoms with van der Waals surface area (Å²) >= 11 is 10.9. The monoisotopic (exact) mass is 466 g/mol. The second-order valence-electron chi connectivity index (χ2n) is 5.06. The number of benzene rings is 3. The second kappa shape index (κ2) is 6.64. The van der Waals surface area contributed by atoms with Crippen molar-refractivity contribution in [2.75, 3.05) is 0 Å². The smallest absolute Gasteiger partial charge is 0.0436 e. The van der Waals surface area contributed by atoms with E-state index in [1.165, 1.54) is 21.9 Å². The van der Waals surface area contributed by atoms with E-state index in [-0.39, 0.29) is 0 Å². The summed E-state index contributed by atoms with van der Waals surface area (Å²) in [5, 5.41) is 2.59. The van der Waals surface area contributed by atoms with E-state index in [4.69, 9.17) is 0 Å². The lowest BCUT2D eigenvalue weighted by Crippen LogP contribution is -1.96. The number of rotatable bonds is 3. The Morgan fingerprint density at radius 2 is 1.43 bits per heavy atom. The second-order valence-corrected chi connectivity index (χ2v) is 7.99. The van der Waals surface area contributed by atoms with Crippen LogP contribution in [0, 0.1) is 0 Å². The maximum Gasteiger partial charge on any atom is 0.0436 e. The molecule has 21 heavy (non-hydrogen) atoms. The molecule has 0 aliphatic heterocycles. The maximum absolute atomic E-state index is 3.81. The van der Waals surface area contributed by atoms with E-state index in [0.29, 0.717) is 4.83 Å². The zero-order valence-corrected chi connectivity index (χ0v) is 15.9. The number of fused-ring (bicyclic) bond motifs is 1. The third-order valence-electron chi connectivity index (χ3n) is 3.48. The van der Waals surface area contributed by atoms with Gasteiger partial charge in [-0.1, -0.05) is 90.3 Å². The molecule has 0 saturated heterocycles. The molecule has 0 N–H and O–H groups in total. The first kappa shape index (κ1) is 15.3. The van der Waals surface area contributed by atoms with E-state index < -0.39 is 0 Å². The lowest BCUT2D eigenvalue weighted by Gasteiger charge is -2.12. The minimum Gasteiger partial charge on any atom is -0.0835 e. The molecule has 0 aliphatic rings. The topological polar surface area (TPSA) is 0 Å². The quantitative estimate of drug-likeness (QED) is 0.361. The molecule has 3 aromatic rings. The third-order valence-corrected chi connectivity index (χ3v) is 5.24. The molecule has 3 aromatic carbocycles. The Hall–Kier alpha value is -0.640. The lowest BCUT2D eigenvalue weighted by atomic mass is 10.0. The summed E-state index contributed by atoms with van der Waals surface area (Å²) < 4.78 is 2.18. The van der Waals surface area contributed by atoms with Crippen LogP contribution >= 0.6 is 47.8 Å². The van der Waals surface area contributed by atoms with Crippen molar-refractivity contribution in [3.63, 3.8) is 0 Å². The van der Waals surface area contributed by atoms with Crippen LogP contribution in [-0.2, 0) is 6.42 Å². The summed E-state index contributed by atoms with van der Waals surface area (Å²) in [7, 11) is 0. The fraction of sp³-hybridized carbons (Fsp3) is 0.111. The Balaban J connectivity index is 1.86. The van der Waals surface area contributed by atoms with Crippen LogP contribution < -0.4 is 0 Å². The van der Waals surface area contributed by atoms with Crippen LogP contribution in [0.15, 0.2) is 69.6 Å². The third kappa shape index (κ3) is 3.77. The van der Waals surface area contributed by atoms with Crippen molar-refractivity contribution < 1.29 is 0 Å². The molecule has 0 aromatic heterocycles. The van der Waals surface area contributed by atoms with Gasteiger partial charge in [0.15, 0.2) is 0 Å². The van der Waals surface area contributed by atoms with Crippen LogP contribution in [0.1, 0.15) is 16.0 Å². The molecular weight excluding hydrogens is 456 g/mol. The predicted octanol–water partition coefficient (Wildman–Crippen LogP) is 7.04. The lowest BCUT2D eigenvalue weighted by molar-refractivity contribution is 0.949. The van der Waals surface area contributed by atoms with Crippen LogP contribution in [0.5, 0.6) is 0 Å². The Bertz CT molecular complexity index is 760. The molecule has 0 aliphatic carbocycles. The average Bonchev–Trinajstić information content (AvgIpc) is 2.46. The molecule has 3 rings (SSSR count). The predicted molar refractivity (Wildman–Crippen MR) is 101 cm³/mol. The molecule has 106 valence electrons. The van der Waals surface area contributed by atoms with Gasteiger partial charge in [-0.25, -0.2) is 0 Å². The highest BCUT2D eigenvalue weighted by Crippen LogP contribution is 2.32. The average molecular weight is 469 g/mol. The molecule has 3 heteroatoms. The van der Waals surface area contributed by atoms with Gasteiger partial charge in [0.2, 0.25) is 0 Å². The fourth-order valence-electron chi connectivity index (χ4n) is 2.45.